The first-order chi connectivity index (χ1) is 22.2. The number of aryl methyl sites for hydroxylation is 1. The molecular weight excluding hydrogens is 548 g/mol. The highest BCUT2D eigenvalue weighted by molar-refractivity contribution is 6.14. The summed E-state index contributed by atoms with van der Waals surface area (Å²) < 4.78 is 4.64. The highest BCUT2D eigenvalue weighted by Crippen LogP contribution is 2.43. The van der Waals surface area contributed by atoms with Gasteiger partial charge in [-0.15, -0.1) is 0 Å². The number of aromatic nitrogens is 2. The van der Waals surface area contributed by atoms with E-state index in [9.17, 15) is 10.5 Å². The van der Waals surface area contributed by atoms with Crippen LogP contribution in [0, 0.1) is 29.6 Å². The smallest absolute Gasteiger partial charge is 0.0988 e. The van der Waals surface area contributed by atoms with Crippen LogP contribution < -0.4 is 0 Å². The molecule has 4 aromatic carbocycles. The number of hydrogen-bond acceptors (Lipinski definition) is 2. The summed E-state index contributed by atoms with van der Waals surface area (Å²) in [5.41, 5.74) is 9.19. The van der Waals surface area contributed by atoms with E-state index in [-0.39, 0.29) is 6.04 Å². The maximum absolute atomic E-state index is 11.1. The molecule has 0 aliphatic heterocycles. The topological polar surface area (TPSA) is 57.4 Å². The lowest BCUT2D eigenvalue weighted by molar-refractivity contribution is 0.602. The number of benzene rings is 4. The zero-order chi connectivity index (χ0) is 30.5. The van der Waals surface area contributed by atoms with Gasteiger partial charge in [0, 0.05) is 51.5 Å². The Labute approximate surface area is 262 Å². The van der Waals surface area contributed by atoms with Crippen molar-refractivity contribution in [2.24, 2.45) is 0 Å². The van der Waals surface area contributed by atoms with Crippen molar-refractivity contribution in [2.75, 3.05) is 0 Å². The van der Waals surface area contributed by atoms with Gasteiger partial charge in [-0.1, -0.05) is 78.9 Å². The van der Waals surface area contributed by atoms with Gasteiger partial charge in [-0.2, -0.15) is 10.5 Å². The summed E-state index contributed by atoms with van der Waals surface area (Å²) in [6, 6.07) is 34.8. The lowest BCUT2D eigenvalue weighted by atomic mass is 9.98. The SMILES string of the molecule is Cc1c(/C=C2/C=CCCC2)n(C2CC(C#N)=CCC(n3c4ccccc4c4cc5ccccc5cc43)=C2C#N)c2ccccc12. The van der Waals surface area contributed by atoms with E-state index in [1.54, 1.807) is 0 Å². The van der Waals surface area contributed by atoms with Crippen molar-refractivity contribution in [1.29, 1.82) is 10.5 Å². The summed E-state index contributed by atoms with van der Waals surface area (Å²) in [6.07, 6.45) is 13.1. The van der Waals surface area contributed by atoms with Crippen molar-refractivity contribution in [3.63, 3.8) is 0 Å². The Kier molecular flexibility index (Phi) is 6.51. The summed E-state index contributed by atoms with van der Waals surface area (Å²) in [5, 5.41) is 27.3. The number of para-hydroxylation sites is 2. The largest absolute Gasteiger partial charge is 0.332 e. The van der Waals surface area contributed by atoms with Crippen LogP contribution >= 0.6 is 0 Å². The quantitative estimate of drug-likeness (QED) is 0.209. The molecule has 2 aliphatic carbocycles. The van der Waals surface area contributed by atoms with Gasteiger partial charge in [-0.25, -0.2) is 0 Å². The lowest BCUT2D eigenvalue weighted by Crippen LogP contribution is -2.15. The van der Waals surface area contributed by atoms with E-state index in [0.29, 0.717) is 24.0 Å². The minimum atomic E-state index is -0.340. The van der Waals surface area contributed by atoms with Crippen LogP contribution in [-0.4, -0.2) is 9.13 Å². The third kappa shape index (κ3) is 4.34. The van der Waals surface area contributed by atoms with Gasteiger partial charge < -0.3 is 9.13 Å². The maximum Gasteiger partial charge on any atom is 0.0988 e. The first-order valence-corrected chi connectivity index (χ1v) is 15.8. The van der Waals surface area contributed by atoms with Gasteiger partial charge in [-0.05, 0) is 78.4 Å². The number of rotatable bonds is 3. The van der Waals surface area contributed by atoms with Crippen LogP contribution in [-0.2, 0) is 0 Å². The second kappa shape index (κ2) is 10.8. The molecule has 4 nitrogen and oxygen atoms in total. The van der Waals surface area contributed by atoms with E-state index in [0.717, 1.165) is 63.4 Å². The molecule has 0 saturated heterocycles. The monoisotopic (exact) mass is 580 g/mol. The van der Waals surface area contributed by atoms with Gasteiger partial charge in [0.25, 0.3) is 0 Å². The molecule has 1 unspecified atom stereocenters. The molecule has 8 rings (SSSR count). The molecule has 0 saturated carbocycles. The van der Waals surface area contributed by atoms with E-state index < -0.39 is 0 Å². The Bertz CT molecular complexity index is 2390. The van der Waals surface area contributed by atoms with Gasteiger partial charge in [-0.3, -0.25) is 0 Å². The number of allylic oxidation sites excluding steroid dienone is 7. The molecule has 4 heteroatoms. The van der Waals surface area contributed by atoms with E-state index in [1.165, 1.54) is 21.9 Å². The molecular formula is C41H32N4. The Hall–Kier alpha value is -5.58. The zero-order valence-electron chi connectivity index (χ0n) is 25.3. The fourth-order valence-corrected chi connectivity index (χ4v) is 7.53. The molecule has 0 amide bonds. The van der Waals surface area contributed by atoms with Crippen LogP contribution in [0.15, 0.2) is 120 Å². The summed E-state index contributed by atoms with van der Waals surface area (Å²) in [4.78, 5) is 0. The van der Waals surface area contributed by atoms with Crippen LogP contribution in [0.25, 0.3) is 55.3 Å². The van der Waals surface area contributed by atoms with E-state index in [4.69, 9.17) is 0 Å². The average molecular weight is 581 g/mol. The molecule has 0 spiro atoms. The Morgan fingerprint density at radius 1 is 0.800 bits per heavy atom. The first-order valence-electron chi connectivity index (χ1n) is 15.8. The molecule has 0 N–H and O–H groups in total. The van der Waals surface area contributed by atoms with Crippen LogP contribution in [0.2, 0.25) is 0 Å². The molecule has 1 atom stereocenters. The average Bonchev–Trinajstić information content (AvgIpc) is 3.46. The lowest BCUT2D eigenvalue weighted by Gasteiger charge is -2.24. The third-order valence-electron chi connectivity index (χ3n) is 9.69. The Balaban J connectivity index is 1.46. The van der Waals surface area contributed by atoms with Crippen LogP contribution in [0.3, 0.4) is 0 Å². The molecule has 2 aliphatic rings. The predicted octanol–water partition coefficient (Wildman–Crippen LogP) is 10.6. The zero-order valence-corrected chi connectivity index (χ0v) is 25.3. The molecule has 45 heavy (non-hydrogen) atoms. The second-order valence-corrected chi connectivity index (χ2v) is 12.2. The van der Waals surface area contributed by atoms with Crippen molar-refractivity contribution in [2.45, 2.75) is 45.1 Å². The third-order valence-corrected chi connectivity index (χ3v) is 9.69. The number of nitrogens with zero attached hydrogens (tertiary/aromatic N) is 4. The number of nitriles is 2. The predicted molar refractivity (Wildman–Crippen MR) is 185 cm³/mol. The normalized spacial score (nSPS) is 18.1. The van der Waals surface area contributed by atoms with Crippen molar-refractivity contribution >= 4 is 55.3 Å². The molecule has 2 heterocycles. The van der Waals surface area contributed by atoms with Crippen molar-refractivity contribution in [1.82, 2.24) is 9.13 Å². The van der Waals surface area contributed by atoms with Gasteiger partial charge >= 0.3 is 0 Å². The maximum atomic E-state index is 11.1. The van der Waals surface area contributed by atoms with Crippen molar-refractivity contribution in [3.05, 3.63) is 131 Å². The van der Waals surface area contributed by atoms with Crippen molar-refractivity contribution in [3.8, 4) is 12.1 Å². The molecule has 2 aromatic heterocycles. The minimum Gasteiger partial charge on any atom is -0.332 e. The molecule has 216 valence electrons. The van der Waals surface area contributed by atoms with Crippen LogP contribution in [0.1, 0.15) is 49.4 Å². The first kappa shape index (κ1) is 27.0. The summed E-state index contributed by atoms with van der Waals surface area (Å²) >= 11 is 0. The second-order valence-electron chi connectivity index (χ2n) is 12.2. The molecule has 0 fully saturated rings. The van der Waals surface area contributed by atoms with Gasteiger partial charge in [0.2, 0.25) is 0 Å². The summed E-state index contributed by atoms with van der Waals surface area (Å²) in [7, 11) is 0. The standard InChI is InChI=1S/C41H32N4/c1-27-32-15-7-9-17-36(32)45(39(27)21-28-11-3-2-4-12-28)40-22-29(25-42)19-20-38(35(40)26-43)44-37-18-10-8-16-33(37)34-23-30-13-5-6-14-31(30)24-41(34)44/h3,5-11,13-19,21,23-24,40H,2,4,12,20,22H2,1H3/b28-21-. The number of fused-ring (bicyclic) bond motifs is 5. The fourth-order valence-electron chi connectivity index (χ4n) is 7.53. The molecule has 6 aromatic rings. The highest BCUT2D eigenvalue weighted by atomic mass is 15.1. The Morgan fingerprint density at radius 2 is 1.53 bits per heavy atom. The van der Waals surface area contributed by atoms with E-state index in [1.807, 2.05) is 6.08 Å². The number of hydrogen-bond donors (Lipinski definition) is 0. The summed E-state index contributed by atoms with van der Waals surface area (Å²) in [6.45, 7) is 2.18. The Morgan fingerprint density at radius 3 is 2.29 bits per heavy atom. The van der Waals surface area contributed by atoms with Gasteiger partial charge in [0.15, 0.2) is 0 Å². The van der Waals surface area contributed by atoms with Crippen LogP contribution in [0.5, 0.6) is 0 Å². The van der Waals surface area contributed by atoms with E-state index in [2.05, 4.69) is 131 Å². The van der Waals surface area contributed by atoms with Crippen LogP contribution in [0.4, 0.5) is 0 Å². The van der Waals surface area contributed by atoms with E-state index >= 15 is 0 Å². The highest BCUT2D eigenvalue weighted by Gasteiger charge is 2.30. The van der Waals surface area contributed by atoms with Gasteiger partial charge in [0.1, 0.15) is 0 Å². The molecule has 0 radical (unpaired) electrons. The minimum absolute atomic E-state index is 0.340. The fraction of sp³-hybridized carbons (Fsp3) is 0.171. The molecule has 0 bridgehead atoms. The van der Waals surface area contributed by atoms with Gasteiger partial charge in [0.05, 0.1) is 34.8 Å². The van der Waals surface area contributed by atoms with Crippen molar-refractivity contribution < 1.29 is 0 Å². The summed E-state index contributed by atoms with van der Waals surface area (Å²) in [5.74, 6) is 0.